The molecule has 3 rings (SSSR count). The van der Waals surface area contributed by atoms with Crippen LogP contribution >= 0.6 is 0 Å². The van der Waals surface area contributed by atoms with Crippen LogP contribution in [-0.4, -0.2) is 40.6 Å². The molecule has 1 saturated heterocycles. The Morgan fingerprint density at radius 1 is 1.14 bits per heavy atom. The summed E-state index contributed by atoms with van der Waals surface area (Å²) in [5.41, 5.74) is 1.52. The summed E-state index contributed by atoms with van der Waals surface area (Å²) in [5, 5.41) is 0. The largest absolute Gasteiger partial charge is 0.497 e. The summed E-state index contributed by atoms with van der Waals surface area (Å²) in [6.45, 7) is 4.41. The molecule has 1 atom stereocenters. The fraction of sp³-hybridized carbons (Fsp3) is 0.381. The van der Waals surface area contributed by atoms with E-state index in [-0.39, 0.29) is 17.4 Å². The van der Waals surface area contributed by atoms with Gasteiger partial charge in [0.25, 0.3) is 0 Å². The molecule has 0 aromatic heterocycles. The molecule has 8 heteroatoms. The molecular formula is C21H26N2O5S. The van der Waals surface area contributed by atoms with Crippen molar-refractivity contribution in [1.29, 1.82) is 0 Å². The Labute approximate surface area is 171 Å². The van der Waals surface area contributed by atoms with E-state index in [1.165, 1.54) is 6.07 Å². The van der Waals surface area contributed by atoms with Crippen molar-refractivity contribution in [3.63, 3.8) is 0 Å². The number of anilines is 1. The van der Waals surface area contributed by atoms with Gasteiger partial charge in [0.1, 0.15) is 18.1 Å². The van der Waals surface area contributed by atoms with Crippen LogP contribution < -0.4 is 19.1 Å². The first-order valence-corrected chi connectivity index (χ1v) is 11.0. The number of hydrogen-bond donors (Lipinski definition) is 1. The maximum absolute atomic E-state index is 12.7. The molecule has 0 aliphatic carbocycles. The fourth-order valence-electron chi connectivity index (χ4n) is 3.26. The predicted octanol–water partition coefficient (Wildman–Crippen LogP) is 2.88. The molecule has 0 bridgehead atoms. The number of amides is 1. The molecule has 1 aliphatic rings. The average molecular weight is 419 g/mol. The zero-order valence-corrected chi connectivity index (χ0v) is 17.7. The zero-order valence-electron chi connectivity index (χ0n) is 16.8. The Morgan fingerprint density at radius 2 is 1.83 bits per heavy atom. The second-order valence-corrected chi connectivity index (χ2v) is 8.82. The number of carbonyl (C=O) groups excluding carboxylic acids is 1. The van der Waals surface area contributed by atoms with Gasteiger partial charge in [0.2, 0.25) is 15.9 Å². The quantitative estimate of drug-likeness (QED) is 0.713. The van der Waals surface area contributed by atoms with E-state index in [0.29, 0.717) is 18.7 Å². The average Bonchev–Trinajstić information content (AvgIpc) is 3.12. The van der Waals surface area contributed by atoms with Crippen molar-refractivity contribution >= 4 is 21.6 Å². The molecule has 1 N–H and O–H groups in total. The van der Waals surface area contributed by atoms with Gasteiger partial charge >= 0.3 is 0 Å². The third-order valence-corrected chi connectivity index (χ3v) is 6.35. The minimum Gasteiger partial charge on any atom is -0.497 e. The maximum atomic E-state index is 12.7. The Balaban J connectivity index is 1.63. The van der Waals surface area contributed by atoms with Crippen molar-refractivity contribution in [3.05, 3.63) is 48.0 Å². The van der Waals surface area contributed by atoms with Gasteiger partial charge in [-0.2, -0.15) is 0 Å². The van der Waals surface area contributed by atoms with Crippen LogP contribution in [0.25, 0.3) is 0 Å². The second-order valence-electron chi connectivity index (χ2n) is 7.11. The van der Waals surface area contributed by atoms with Gasteiger partial charge in [-0.25, -0.2) is 13.1 Å². The van der Waals surface area contributed by atoms with Crippen molar-refractivity contribution in [2.45, 2.75) is 37.6 Å². The highest BCUT2D eigenvalue weighted by Gasteiger charge is 2.25. The van der Waals surface area contributed by atoms with Crippen molar-refractivity contribution in [2.75, 3.05) is 25.2 Å². The van der Waals surface area contributed by atoms with Gasteiger partial charge in [-0.3, -0.25) is 4.79 Å². The van der Waals surface area contributed by atoms with E-state index in [2.05, 4.69) is 4.72 Å². The Hall–Kier alpha value is -2.58. The fourth-order valence-corrected chi connectivity index (χ4v) is 4.57. The third kappa shape index (κ3) is 5.07. The molecule has 0 saturated carbocycles. The Morgan fingerprint density at radius 3 is 2.41 bits per heavy atom. The van der Waals surface area contributed by atoms with E-state index >= 15 is 0 Å². The number of nitrogens with one attached hydrogen (secondary N) is 1. The number of methoxy groups -OCH3 is 1. The lowest BCUT2D eigenvalue weighted by atomic mass is 10.2. The van der Waals surface area contributed by atoms with Crippen LogP contribution in [0.15, 0.2) is 47.4 Å². The molecule has 0 spiro atoms. The van der Waals surface area contributed by atoms with E-state index < -0.39 is 16.1 Å². The monoisotopic (exact) mass is 418 g/mol. The summed E-state index contributed by atoms with van der Waals surface area (Å²) in [4.78, 5) is 13.8. The molecule has 1 amide bonds. The third-order valence-electron chi connectivity index (χ3n) is 4.76. The lowest BCUT2D eigenvalue weighted by Gasteiger charge is -2.20. The number of ether oxygens (including phenoxy) is 2. The topological polar surface area (TPSA) is 84.9 Å². The minimum atomic E-state index is -3.70. The number of nitrogens with zero attached hydrogens (tertiary/aromatic N) is 1. The molecule has 0 radical (unpaired) electrons. The number of carbonyl (C=O) groups is 1. The molecule has 1 unspecified atom stereocenters. The Bertz CT molecular complexity index is 973. The van der Waals surface area contributed by atoms with Crippen LogP contribution in [0.5, 0.6) is 11.5 Å². The van der Waals surface area contributed by atoms with Gasteiger partial charge in [-0.1, -0.05) is 0 Å². The van der Waals surface area contributed by atoms with Crippen LogP contribution in [0.3, 0.4) is 0 Å². The Kier molecular flexibility index (Phi) is 6.44. The van der Waals surface area contributed by atoms with Crippen molar-refractivity contribution in [3.8, 4) is 11.5 Å². The van der Waals surface area contributed by atoms with Crippen molar-refractivity contribution < 1.29 is 22.7 Å². The van der Waals surface area contributed by atoms with Crippen LogP contribution in [-0.2, 0) is 14.8 Å². The molecule has 2 aromatic carbocycles. The van der Waals surface area contributed by atoms with E-state index in [4.69, 9.17) is 9.47 Å². The van der Waals surface area contributed by atoms with E-state index in [9.17, 15) is 13.2 Å². The normalized spacial score (nSPS) is 15.4. The van der Waals surface area contributed by atoms with Crippen LogP contribution in [0.4, 0.5) is 5.69 Å². The number of sulfonamides is 1. The lowest BCUT2D eigenvalue weighted by molar-refractivity contribution is -0.117. The number of aryl methyl sites for hydroxylation is 1. The highest BCUT2D eigenvalue weighted by molar-refractivity contribution is 7.89. The standard InChI is InChI=1S/C21H26N2O5S/c1-15-13-19(10-11-20(15)23-12-4-5-21(23)24)29(25,26)22-16(2)14-28-18-8-6-17(27-3)7-9-18/h6-11,13,16,22H,4-5,12,14H2,1-3H3. The molecule has 7 nitrogen and oxygen atoms in total. The SMILES string of the molecule is COc1ccc(OCC(C)NS(=O)(=O)c2ccc(N3CCCC3=O)c(C)c2)cc1. The lowest BCUT2D eigenvalue weighted by Crippen LogP contribution is -2.36. The van der Waals surface area contributed by atoms with Crippen molar-refractivity contribution in [2.24, 2.45) is 0 Å². The van der Waals surface area contributed by atoms with Gasteiger partial charge in [-0.05, 0) is 68.3 Å². The first kappa shape index (κ1) is 21.1. The van der Waals surface area contributed by atoms with E-state index in [0.717, 1.165) is 23.4 Å². The van der Waals surface area contributed by atoms with Gasteiger partial charge in [0.15, 0.2) is 0 Å². The highest BCUT2D eigenvalue weighted by atomic mass is 32.2. The molecule has 2 aromatic rings. The smallest absolute Gasteiger partial charge is 0.240 e. The summed E-state index contributed by atoms with van der Waals surface area (Å²) < 4.78 is 38.8. The molecule has 1 heterocycles. The molecular weight excluding hydrogens is 392 g/mol. The second kappa shape index (κ2) is 8.84. The van der Waals surface area contributed by atoms with E-state index in [1.807, 2.05) is 6.92 Å². The number of hydrogen-bond acceptors (Lipinski definition) is 5. The van der Waals surface area contributed by atoms with Gasteiger partial charge in [0, 0.05) is 18.7 Å². The van der Waals surface area contributed by atoms with E-state index in [1.54, 1.807) is 55.3 Å². The summed E-state index contributed by atoms with van der Waals surface area (Å²) >= 11 is 0. The highest BCUT2D eigenvalue weighted by Crippen LogP contribution is 2.27. The molecule has 1 aliphatic heterocycles. The van der Waals surface area contributed by atoms with Gasteiger partial charge < -0.3 is 14.4 Å². The number of rotatable bonds is 8. The summed E-state index contributed by atoms with van der Waals surface area (Å²) in [5.74, 6) is 1.43. The van der Waals surface area contributed by atoms with Crippen LogP contribution in [0, 0.1) is 6.92 Å². The first-order valence-electron chi connectivity index (χ1n) is 9.50. The maximum Gasteiger partial charge on any atom is 0.240 e. The minimum absolute atomic E-state index is 0.0751. The molecule has 156 valence electrons. The summed E-state index contributed by atoms with van der Waals surface area (Å²) in [7, 11) is -2.12. The molecule has 1 fully saturated rings. The van der Waals surface area contributed by atoms with Crippen molar-refractivity contribution in [1.82, 2.24) is 4.72 Å². The predicted molar refractivity (Wildman–Crippen MR) is 111 cm³/mol. The number of benzene rings is 2. The van der Waals surface area contributed by atoms with Gasteiger partial charge in [-0.15, -0.1) is 0 Å². The summed E-state index contributed by atoms with van der Waals surface area (Å²) in [6.07, 6.45) is 1.36. The molecule has 29 heavy (non-hydrogen) atoms. The van der Waals surface area contributed by atoms with Gasteiger partial charge in [0.05, 0.1) is 18.0 Å². The zero-order chi connectivity index (χ0) is 21.0. The summed E-state index contributed by atoms with van der Waals surface area (Å²) in [6, 6.07) is 11.5. The van der Waals surface area contributed by atoms with Crippen LogP contribution in [0.2, 0.25) is 0 Å². The van der Waals surface area contributed by atoms with Crippen LogP contribution in [0.1, 0.15) is 25.3 Å². The first-order chi connectivity index (χ1) is 13.8.